The van der Waals surface area contributed by atoms with Crippen LogP contribution in [0.1, 0.15) is 45.4 Å². The standard InChI is InChI=1S/C15H23NO4/c1-8-4-12(13(5-8)15(19)20)14(18)16-9-2-3-10(16)7-11(17)6-9/h8-13,17H,2-7H2,1H3,(H,19,20)/t8?,9?,10?,11?,12-,13+/m0/s1. The molecule has 3 aliphatic rings. The highest BCUT2D eigenvalue weighted by molar-refractivity contribution is 5.86. The van der Waals surface area contributed by atoms with E-state index in [0.29, 0.717) is 31.6 Å². The normalized spacial score (nSPS) is 43.8. The van der Waals surface area contributed by atoms with Gasteiger partial charge in [0.2, 0.25) is 5.91 Å². The highest BCUT2D eigenvalue weighted by Crippen LogP contribution is 2.42. The van der Waals surface area contributed by atoms with Crippen molar-refractivity contribution >= 4 is 11.9 Å². The summed E-state index contributed by atoms with van der Waals surface area (Å²) in [5.41, 5.74) is 0. The zero-order valence-corrected chi connectivity index (χ0v) is 11.9. The summed E-state index contributed by atoms with van der Waals surface area (Å²) < 4.78 is 0. The average molecular weight is 281 g/mol. The first kappa shape index (κ1) is 13.9. The molecule has 2 bridgehead atoms. The third kappa shape index (κ3) is 2.22. The number of amides is 1. The molecule has 5 heteroatoms. The molecule has 3 fully saturated rings. The first-order valence-corrected chi connectivity index (χ1v) is 7.70. The second-order valence-corrected chi connectivity index (χ2v) is 6.88. The number of fused-ring (bicyclic) bond motifs is 2. The quantitative estimate of drug-likeness (QED) is 0.798. The molecule has 0 radical (unpaired) electrons. The summed E-state index contributed by atoms with van der Waals surface area (Å²) >= 11 is 0. The van der Waals surface area contributed by atoms with Gasteiger partial charge >= 0.3 is 5.97 Å². The summed E-state index contributed by atoms with van der Waals surface area (Å²) in [6.07, 6.45) is 4.21. The molecule has 2 heterocycles. The molecular weight excluding hydrogens is 258 g/mol. The van der Waals surface area contributed by atoms with Gasteiger partial charge < -0.3 is 15.1 Å². The minimum absolute atomic E-state index is 0.0288. The molecule has 112 valence electrons. The Bertz CT molecular complexity index is 410. The van der Waals surface area contributed by atoms with Gasteiger partial charge in [-0.2, -0.15) is 0 Å². The van der Waals surface area contributed by atoms with Crippen molar-refractivity contribution in [1.82, 2.24) is 4.90 Å². The van der Waals surface area contributed by atoms with Crippen molar-refractivity contribution in [3.63, 3.8) is 0 Å². The Morgan fingerprint density at radius 3 is 2.10 bits per heavy atom. The van der Waals surface area contributed by atoms with Crippen molar-refractivity contribution in [1.29, 1.82) is 0 Å². The topological polar surface area (TPSA) is 77.8 Å². The van der Waals surface area contributed by atoms with Crippen LogP contribution < -0.4 is 0 Å². The Balaban J connectivity index is 1.77. The van der Waals surface area contributed by atoms with E-state index in [1.165, 1.54) is 0 Å². The van der Waals surface area contributed by atoms with Gasteiger partial charge in [-0.05, 0) is 44.4 Å². The Kier molecular flexibility index (Phi) is 3.48. The number of piperidine rings is 1. The van der Waals surface area contributed by atoms with E-state index >= 15 is 0 Å². The number of carboxylic acids is 1. The van der Waals surface area contributed by atoms with Crippen LogP contribution in [0.15, 0.2) is 0 Å². The van der Waals surface area contributed by atoms with Crippen molar-refractivity contribution in [3.8, 4) is 0 Å². The largest absolute Gasteiger partial charge is 0.481 e. The second kappa shape index (κ2) is 5.02. The lowest BCUT2D eigenvalue weighted by molar-refractivity contribution is -0.152. The van der Waals surface area contributed by atoms with E-state index in [1.807, 2.05) is 11.8 Å². The number of carbonyl (C=O) groups excluding carboxylic acids is 1. The summed E-state index contributed by atoms with van der Waals surface area (Å²) in [6, 6.07) is 0.253. The lowest BCUT2D eigenvalue weighted by atomic mass is 9.91. The predicted octanol–water partition coefficient (Wildman–Crippen LogP) is 1.25. The Morgan fingerprint density at radius 2 is 1.55 bits per heavy atom. The fourth-order valence-corrected chi connectivity index (χ4v) is 4.54. The van der Waals surface area contributed by atoms with Gasteiger partial charge in [-0.1, -0.05) is 6.92 Å². The van der Waals surface area contributed by atoms with E-state index in [1.54, 1.807) is 0 Å². The number of aliphatic hydroxyl groups excluding tert-OH is 1. The minimum atomic E-state index is -0.836. The zero-order chi connectivity index (χ0) is 14.4. The number of rotatable bonds is 2. The molecule has 1 amide bonds. The SMILES string of the molecule is CC1C[C@H](C(=O)N2C3CCC2CC(O)C3)[C@H](C(=O)O)C1. The van der Waals surface area contributed by atoms with Gasteiger partial charge in [0.1, 0.15) is 0 Å². The Hall–Kier alpha value is -1.10. The van der Waals surface area contributed by atoms with E-state index < -0.39 is 11.9 Å². The minimum Gasteiger partial charge on any atom is -0.481 e. The van der Waals surface area contributed by atoms with Crippen LogP contribution in [0, 0.1) is 17.8 Å². The van der Waals surface area contributed by atoms with Crippen LogP contribution in [-0.2, 0) is 9.59 Å². The monoisotopic (exact) mass is 281 g/mol. The van der Waals surface area contributed by atoms with E-state index in [2.05, 4.69) is 0 Å². The van der Waals surface area contributed by atoms with Crippen molar-refractivity contribution in [3.05, 3.63) is 0 Å². The Labute approximate surface area is 119 Å². The second-order valence-electron chi connectivity index (χ2n) is 6.88. The molecule has 0 spiro atoms. The Morgan fingerprint density at radius 1 is 1.00 bits per heavy atom. The van der Waals surface area contributed by atoms with Crippen LogP contribution >= 0.6 is 0 Å². The maximum absolute atomic E-state index is 12.8. The summed E-state index contributed by atoms with van der Waals surface area (Å²) in [5, 5.41) is 19.1. The van der Waals surface area contributed by atoms with E-state index in [-0.39, 0.29) is 30.0 Å². The smallest absolute Gasteiger partial charge is 0.307 e. The molecule has 20 heavy (non-hydrogen) atoms. The third-order valence-electron chi connectivity index (χ3n) is 5.40. The maximum Gasteiger partial charge on any atom is 0.307 e. The highest BCUT2D eigenvalue weighted by atomic mass is 16.4. The van der Waals surface area contributed by atoms with Crippen LogP contribution in [-0.4, -0.2) is 45.2 Å². The molecule has 2 aliphatic heterocycles. The predicted molar refractivity (Wildman–Crippen MR) is 71.9 cm³/mol. The zero-order valence-electron chi connectivity index (χ0n) is 11.9. The van der Waals surface area contributed by atoms with Crippen LogP contribution in [0.3, 0.4) is 0 Å². The number of aliphatic hydroxyl groups is 1. The van der Waals surface area contributed by atoms with Crippen molar-refractivity contribution in [2.75, 3.05) is 0 Å². The number of hydrogen-bond acceptors (Lipinski definition) is 3. The van der Waals surface area contributed by atoms with E-state index in [9.17, 15) is 19.8 Å². The van der Waals surface area contributed by atoms with Crippen LogP contribution in [0.4, 0.5) is 0 Å². The molecule has 2 saturated heterocycles. The van der Waals surface area contributed by atoms with Gasteiger partial charge in [-0.3, -0.25) is 9.59 Å². The molecule has 0 aromatic carbocycles. The summed E-state index contributed by atoms with van der Waals surface area (Å²) in [4.78, 5) is 26.1. The number of hydrogen-bond donors (Lipinski definition) is 2. The maximum atomic E-state index is 12.8. The molecule has 3 unspecified atom stereocenters. The molecule has 0 aromatic heterocycles. The van der Waals surface area contributed by atoms with Gasteiger partial charge in [0.15, 0.2) is 0 Å². The molecule has 2 N–H and O–H groups in total. The average Bonchev–Trinajstić information content (AvgIpc) is 2.88. The molecule has 1 aliphatic carbocycles. The van der Waals surface area contributed by atoms with E-state index in [0.717, 1.165) is 12.8 Å². The van der Waals surface area contributed by atoms with Crippen LogP contribution in [0.2, 0.25) is 0 Å². The number of carboxylic acid groups (broad SMARTS) is 1. The molecule has 1 saturated carbocycles. The number of carbonyl (C=O) groups is 2. The number of aliphatic carboxylic acids is 1. The first-order chi connectivity index (χ1) is 9.47. The fraction of sp³-hybridized carbons (Fsp3) is 0.867. The van der Waals surface area contributed by atoms with Gasteiger partial charge in [-0.15, -0.1) is 0 Å². The number of nitrogens with zero attached hydrogens (tertiary/aromatic N) is 1. The molecule has 3 rings (SSSR count). The van der Waals surface area contributed by atoms with Gasteiger partial charge in [-0.25, -0.2) is 0 Å². The molecular formula is C15H23NO4. The van der Waals surface area contributed by atoms with Gasteiger partial charge in [0, 0.05) is 12.1 Å². The van der Waals surface area contributed by atoms with Crippen molar-refractivity contribution < 1.29 is 19.8 Å². The van der Waals surface area contributed by atoms with Crippen LogP contribution in [0.5, 0.6) is 0 Å². The highest BCUT2D eigenvalue weighted by Gasteiger charge is 2.49. The first-order valence-electron chi connectivity index (χ1n) is 7.70. The van der Waals surface area contributed by atoms with E-state index in [4.69, 9.17) is 0 Å². The lowest BCUT2D eigenvalue weighted by Crippen LogP contribution is -2.51. The fourth-order valence-electron chi connectivity index (χ4n) is 4.54. The lowest BCUT2D eigenvalue weighted by Gasteiger charge is -2.39. The van der Waals surface area contributed by atoms with Crippen molar-refractivity contribution in [2.24, 2.45) is 17.8 Å². The van der Waals surface area contributed by atoms with Crippen molar-refractivity contribution in [2.45, 2.75) is 63.6 Å². The van der Waals surface area contributed by atoms with Crippen LogP contribution in [0.25, 0.3) is 0 Å². The summed E-state index contributed by atoms with van der Waals surface area (Å²) in [6.45, 7) is 2.03. The summed E-state index contributed by atoms with van der Waals surface area (Å²) in [7, 11) is 0. The third-order valence-corrected chi connectivity index (χ3v) is 5.40. The molecule has 5 nitrogen and oxygen atoms in total. The van der Waals surface area contributed by atoms with Gasteiger partial charge in [0.25, 0.3) is 0 Å². The van der Waals surface area contributed by atoms with Gasteiger partial charge in [0.05, 0.1) is 17.9 Å². The summed E-state index contributed by atoms with van der Waals surface area (Å²) in [5.74, 6) is -1.39. The molecule has 5 atom stereocenters. The molecule has 0 aromatic rings.